The summed E-state index contributed by atoms with van der Waals surface area (Å²) in [4.78, 5) is 10.3. The lowest BCUT2D eigenvalue weighted by molar-refractivity contribution is 0.287. The Labute approximate surface area is 208 Å². The molecule has 3 aromatic rings. The molecule has 1 aromatic heterocycles. The van der Waals surface area contributed by atoms with Crippen LogP contribution in [0.2, 0.25) is 0 Å². The van der Waals surface area contributed by atoms with E-state index >= 15 is 0 Å². The van der Waals surface area contributed by atoms with E-state index in [1.165, 1.54) is 25.2 Å². The molecule has 2 aromatic carbocycles. The second-order valence-corrected chi connectivity index (χ2v) is 11.1. The van der Waals surface area contributed by atoms with E-state index in [4.69, 9.17) is 4.74 Å². The fraction of sp³-hybridized carbons (Fsp3) is 0.360. The zero-order chi connectivity index (χ0) is 26.2. The van der Waals surface area contributed by atoms with E-state index in [-0.39, 0.29) is 47.4 Å². The standard InChI is InChI=1S/C25H27F3N4O3S/c1-15(2)32-7-8-35-25-20(27)11-18(12-22(25)32)24-21(28)13-29-23(30-24)10-16-5-6-17(19(26)9-16)14-31(3)36(4,33)34/h5-6,9,11-13,15H,7-8,10,14H2,1-4H3. The normalized spacial score (nSPS) is 13.8. The molecule has 4 rings (SSSR count). The quantitative estimate of drug-likeness (QED) is 0.466. The first-order valence-corrected chi connectivity index (χ1v) is 13.2. The van der Waals surface area contributed by atoms with Crippen LogP contribution >= 0.6 is 0 Å². The van der Waals surface area contributed by atoms with E-state index in [9.17, 15) is 21.6 Å². The van der Waals surface area contributed by atoms with Gasteiger partial charge in [0.15, 0.2) is 17.4 Å². The van der Waals surface area contributed by atoms with Gasteiger partial charge >= 0.3 is 0 Å². The van der Waals surface area contributed by atoms with Crippen molar-refractivity contribution in [2.75, 3.05) is 31.4 Å². The molecule has 0 N–H and O–H groups in total. The molecule has 0 saturated carbocycles. The molecule has 1 aliphatic rings. The van der Waals surface area contributed by atoms with E-state index < -0.39 is 27.5 Å². The number of anilines is 1. The molecule has 192 valence electrons. The number of rotatable bonds is 7. The van der Waals surface area contributed by atoms with Gasteiger partial charge in [-0.05, 0) is 37.6 Å². The molecule has 0 bridgehead atoms. The van der Waals surface area contributed by atoms with Crippen LogP contribution in [0.15, 0.2) is 36.5 Å². The molecule has 36 heavy (non-hydrogen) atoms. The zero-order valence-corrected chi connectivity index (χ0v) is 21.2. The van der Waals surface area contributed by atoms with Gasteiger partial charge in [-0.3, -0.25) is 0 Å². The number of hydrogen-bond acceptors (Lipinski definition) is 6. The summed E-state index contributed by atoms with van der Waals surface area (Å²) in [5.74, 6) is -1.54. The second kappa shape index (κ2) is 10.1. The summed E-state index contributed by atoms with van der Waals surface area (Å²) < 4.78 is 74.0. The summed E-state index contributed by atoms with van der Waals surface area (Å²) >= 11 is 0. The van der Waals surface area contributed by atoms with Crippen molar-refractivity contribution in [3.63, 3.8) is 0 Å². The first-order valence-electron chi connectivity index (χ1n) is 11.4. The molecular formula is C25H27F3N4O3S. The van der Waals surface area contributed by atoms with Crippen LogP contribution in [-0.4, -0.2) is 55.2 Å². The van der Waals surface area contributed by atoms with E-state index in [1.54, 1.807) is 12.1 Å². The fourth-order valence-electron chi connectivity index (χ4n) is 4.03. The molecular weight excluding hydrogens is 493 g/mol. The highest BCUT2D eigenvalue weighted by atomic mass is 32.2. The van der Waals surface area contributed by atoms with E-state index in [1.807, 2.05) is 18.7 Å². The lowest BCUT2D eigenvalue weighted by Crippen LogP contribution is -2.38. The largest absolute Gasteiger partial charge is 0.486 e. The Balaban J connectivity index is 1.63. The number of nitrogens with zero attached hydrogens (tertiary/aromatic N) is 4. The van der Waals surface area contributed by atoms with Gasteiger partial charge in [-0.15, -0.1) is 0 Å². The molecule has 0 radical (unpaired) electrons. The van der Waals surface area contributed by atoms with Gasteiger partial charge in [0, 0.05) is 37.2 Å². The smallest absolute Gasteiger partial charge is 0.211 e. The van der Waals surface area contributed by atoms with Gasteiger partial charge in [-0.25, -0.2) is 35.9 Å². The molecule has 0 unspecified atom stereocenters. The maximum absolute atomic E-state index is 14.9. The number of sulfonamides is 1. The van der Waals surface area contributed by atoms with Crippen LogP contribution in [0, 0.1) is 17.5 Å². The lowest BCUT2D eigenvalue weighted by Gasteiger charge is -2.34. The number of halogens is 3. The first kappa shape index (κ1) is 25.9. The van der Waals surface area contributed by atoms with Crippen molar-refractivity contribution in [3.8, 4) is 17.0 Å². The summed E-state index contributed by atoms with van der Waals surface area (Å²) in [6, 6.07) is 7.33. The predicted molar refractivity (Wildman–Crippen MR) is 131 cm³/mol. The highest BCUT2D eigenvalue weighted by Gasteiger charge is 2.25. The van der Waals surface area contributed by atoms with Crippen molar-refractivity contribution in [2.45, 2.75) is 32.9 Å². The Morgan fingerprint density at radius 1 is 1.11 bits per heavy atom. The zero-order valence-electron chi connectivity index (χ0n) is 20.4. The fourth-order valence-corrected chi connectivity index (χ4v) is 4.41. The molecule has 0 amide bonds. The predicted octanol–water partition coefficient (Wildman–Crippen LogP) is 4.15. The Morgan fingerprint density at radius 3 is 2.53 bits per heavy atom. The van der Waals surface area contributed by atoms with Gasteiger partial charge in [0.25, 0.3) is 0 Å². The molecule has 2 heterocycles. The first-order chi connectivity index (χ1) is 16.9. The molecule has 7 nitrogen and oxygen atoms in total. The SMILES string of the molecule is CC(C)N1CCOc2c(F)cc(-c3nc(Cc4ccc(CN(C)S(C)(=O)=O)c(F)c4)ncc3F)cc21. The highest BCUT2D eigenvalue weighted by Crippen LogP contribution is 2.39. The highest BCUT2D eigenvalue weighted by molar-refractivity contribution is 7.88. The Bertz CT molecular complexity index is 1400. The molecule has 0 atom stereocenters. The summed E-state index contributed by atoms with van der Waals surface area (Å²) in [6.07, 6.45) is 2.16. The molecule has 1 aliphatic heterocycles. The van der Waals surface area contributed by atoms with Crippen molar-refractivity contribution < 1.29 is 26.3 Å². The topological polar surface area (TPSA) is 75.6 Å². The van der Waals surface area contributed by atoms with Crippen LogP contribution in [0.1, 0.15) is 30.8 Å². The van der Waals surface area contributed by atoms with Crippen LogP contribution < -0.4 is 9.64 Å². The Morgan fingerprint density at radius 2 is 1.86 bits per heavy atom. The van der Waals surface area contributed by atoms with Crippen LogP contribution in [0.4, 0.5) is 18.9 Å². The van der Waals surface area contributed by atoms with Crippen molar-refractivity contribution in [1.29, 1.82) is 0 Å². The van der Waals surface area contributed by atoms with Crippen LogP contribution in [0.5, 0.6) is 5.75 Å². The Hall–Kier alpha value is -3.18. The molecule has 0 aliphatic carbocycles. The van der Waals surface area contributed by atoms with Crippen LogP contribution in [0.25, 0.3) is 11.3 Å². The maximum Gasteiger partial charge on any atom is 0.211 e. The number of hydrogen-bond donors (Lipinski definition) is 0. The minimum atomic E-state index is -3.46. The minimum Gasteiger partial charge on any atom is -0.486 e. The van der Waals surface area contributed by atoms with Crippen molar-refractivity contribution in [1.82, 2.24) is 14.3 Å². The van der Waals surface area contributed by atoms with Gasteiger partial charge in [0.05, 0.1) is 24.7 Å². The van der Waals surface area contributed by atoms with E-state index in [2.05, 4.69) is 9.97 Å². The van der Waals surface area contributed by atoms with Gasteiger partial charge in [-0.1, -0.05) is 12.1 Å². The van der Waals surface area contributed by atoms with Gasteiger partial charge < -0.3 is 9.64 Å². The summed E-state index contributed by atoms with van der Waals surface area (Å²) in [5, 5.41) is 0. The summed E-state index contributed by atoms with van der Waals surface area (Å²) in [7, 11) is -2.09. The van der Waals surface area contributed by atoms with E-state index in [0.717, 1.165) is 16.8 Å². The van der Waals surface area contributed by atoms with Gasteiger partial charge in [0.1, 0.15) is 23.9 Å². The average molecular weight is 521 g/mol. The Kier molecular flexibility index (Phi) is 7.24. The average Bonchev–Trinajstić information content (AvgIpc) is 2.81. The molecule has 0 spiro atoms. The molecule has 0 saturated heterocycles. The number of ether oxygens (including phenoxy) is 1. The second-order valence-electron chi connectivity index (χ2n) is 9.05. The lowest BCUT2D eigenvalue weighted by atomic mass is 10.1. The van der Waals surface area contributed by atoms with Crippen molar-refractivity contribution in [2.24, 2.45) is 0 Å². The monoisotopic (exact) mass is 520 g/mol. The number of benzene rings is 2. The minimum absolute atomic E-state index is 0.0668. The van der Waals surface area contributed by atoms with Crippen molar-refractivity contribution >= 4 is 15.7 Å². The van der Waals surface area contributed by atoms with Gasteiger partial charge in [-0.2, -0.15) is 0 Å². The third-order valence-corrected chi connectivity index (χ3v) is 7.30. The number of fused-ring (bicyclic) bond motifs is 1. The van der Waals surface area contributed by atoms with E-state index in [0.29, 0.717) is 24.4 Å². The summed E-state index contributed by atoms with van der Waals surface area (Å²) in [6.45, 7) is 4.78. The maximum atomic E-state index is 14.9. The third kappa shape index (κ3) is 5.46. The van der Waals surface area contributed by atoms with Crippen LogP contribution in [-0.2, 0) is 23.0 Å². The van der Waals surface area contributed by atoms with Crippen molar-refractivity contribution in [3.05, 3.63) is 70.9 Å². The molecule has 0 fully saturated rings. The van der Waals surface area contributed by atoms with Gasteiger partial charge in [0.2, 0.25) is 10.0 Å². The number of aromatic nitrogens is 2. The molecule has 11 heteroatoms. The third-order valence-electron chi connectivity index (χ3n) is 6.04. The van der Waals surface area contributed by atoms with Crippen LogP contribution in [0.3, 0.4) is 0 Å². The summed E-state index contributed by atoms with van der Waals surface area (Å²) in [5.41, 5.74) is 1.44.